The molecular weight excluding hydrogens is 360 g/mol. The maximum absolute atomic E-state index is 12.5. The van der Waals surface area contributed by atoms with Gasteiger partial charge in [0.25, 0.3) is 0 Å². The summed E-state index contributed by atoms with van der Waals surface area (Å²) < 4.78 is 5.81. The Kier molecular flexibility index (Phi) is 6.66. The normalized spacial score (nSPS) is 21.7. The van der Waals surface area contributed by atoms with Crippen LogP contribution in [0.3, 0.4) is 0 Å². The number of methoxy groups -OCH3 is 1. The van der Waals surface area contributed by atoms with E-state index in [0.717, 1.165) is 22.9 Å². The van der Waals surface area contributed by atoms with Crippen molar-refractivity contribution in [2.24, 2.45) is 5.92 Å². The monoisotopic (exact) mass is 384 g/mol. The number of hydrogen-bond donors (Lipinski definition) is 1. The Morgan fingerprint density at radius 3 is 2.92 bits per heavy atom. The molecule has 0 radical (unpaired) electrons. The first kappa shape index (κ1) is 18.6. The van der Waals surface area contributed by atoms with Gasteiger partial charge in [-0.1, -0.05) is 42.4 Å². The van der Waals surface area contributed by atoms with Crippen molar-refractivity contribution < 1.29 is 14.3 Å². The lowest BCUT2D eigenvalue weighted by molar-refractivity contribution is -0.130. The molecule has 2 heterocycles. The molecular formula is C16H24N4O3S2. The van der Waals surface area contributed by atoms with Gasteiger partial charge in [0.15, 0.2) is 4.34 Å². The lowest BCUT2D eigenvalue weighted by Crippen LogP contribution is -2.38. The highest BCUT2D eigenvalue weighted by molar-refractivity contribution is 8.01. The minimum absolute atomic E-state index is 0.111. The van der Waals surface area contributed by atoms with Crippen LogP contribution in [0, 0.1) is 5.92 Å². The summed E-state index contributed by atoms with van der Waals surface area (Å²) in [7, 11) is 1.66. The first-order chi connectivity index (χ1) is 12.2. The second kappa shape index (κ2) is 8.95. The van der Waals surface area contributed by atoms with E-state index in [1.54, 1.807) is 18.9 Å². The number of anilines is 1. The fourth-order valence-corrected chi connectivity index (χ4v) is 5.12. The van der Waals surface area contributed by atoms with E-state index >= 15 is 0 Å². The van der Waals surface area contributed by atoms with Crippen molar-refractivity contribution in [3.8, 4) is 0 Å². The van der Waals surface area contributed by atoms with Crippen LogP contribution < -0.4 is 5.32 Å². The number of hydrogen-bond acceptors (Lipinski definition) is 7. The molecule has 2 fully saturated rings. The van der Waals surface area contributed by atoms with Crippen LogP contribution in [0.4, 0.5) is 5.13 Å². The number of thioether (sulfide) groups is 1. The van der Waals surface area contributed by atoms with Crippen molar-refractivity contribution in [1.82, 2.24) is 15.1 Å². The maximum Gasteiger partial charge on any atom is 0.231 e. The fraction of sp³-hybridized carbons (Fsp3) is 0.750. The summed E-state index contributed by atoms with van der Waals surface area (Å²) in [5, 5.41) is 11.4. The smallest absolute Gasteiger partial charge is 0.231 e. The molecule has 1 aliphatic heterocycles. The van der Waals surface area contributed by atoms with Crippen molar-refractivity contribution in [1.29, 1.82) is 0 Å². The molecule has 0 unspecified atom stereocenters. The number of amides is 2. The maximum atomic E-state index is 12.5. The summed E-state index contributed by atoms with van der Waals surface area (Å²) in [6, 6.07) is 0.323. The highest BCUT2D eigenvalue weighted by Crippen LogP contribution is 2.30. The third-order valence-electron chi connectivity index (χ3n) is 4.69. The molecule has 1 aromatic heterocycles. The van der Waals surface area contributed by atoms with E-state index in [-0.39, 0.29) is 17.7 Å². The number of nitrogens with zero attached hydrogens (tertiary/aromatic N) is 3. The molecule has 0 spiro atoms. The van der Waals surface area contributed by atoms with Gasteiger partial charge in [0.1, 0.15) is 0 Å². The number of ether oxygens (including phenoxy) is 1. The topological polar surface area (TPSA) is 84.4 Å². The van der Waals surface area contributed by atoms with Gasteiger partial charge in [-0.3, -0.25) is 9.59 Å². The SMILES string of the molecule is COCCSc1nnc(NC(=O)[C@H]2CC(=O)N(C3CCCCC3)C2)s1. The molecule has 138 valence electrons. The van der Waals surface area contributed by atoms with E-state index in [0.29, 0.717) is 30.7 Å². The van der Waals surface area contributed by atoms with E-state index < -0.39 is 0 Å². The molecule has 3 rings (SSSR count). The van der Waals surface area contributed by atoms with Crippen LogP contribution in [0.1, 0.15) is 38.5 Å². The summed E-state index contributed by atoms with van der Waals surface area (Å²) in [6.07, 6.45) is 6.05. The van der Waals surface area contributed by atoms with E-state index in [1.807, 2.05) is 4.90 Å². The van der Waals surface area contributed by atoms with Crippen molar-refractivity contribution in [3.05, 3.63) is 0 Å². The van der Waals surface area contributed by atoms with Crippen LogP contribution in [0.5, 0.6) is 0 Å². The Morgan fingerprint density at radius 2 is 2.16 bits per heavy atom. The second-order valence-corrected chi connectivity index (χ2v) is 8.76. The third kappa shape index (κ3) is 4.92. The molecule has 1 saturated carbocycles. The van der Waals surface area contributed by atoms with Gasteiger partial charge in [0, 0.05) is 31.9 Å². The van der Waals surface area contributed by atoms with Crippen molar-refractivity contribution in [2.75, 3.05) is 31.3 Å². The first-order valence-electron chi connectivity index (χ1n) is 8.73. The van der Waals surface area contributed by atoms with Crippen LogP contribution in [0.25, 0.3) is 0 Å². The van der Waals surface area contributed by atoms with Crippen LogP contribution >= 0.6 is 23.1 Å². The molecule has 1 N–H and O–H groups in total. The van der Waals surface area contributed by atoms with Crippen LogP contribution in [-0.2, 0) is 14.3 Å². The Bertz CT molecular complexity index is 604. The van der Waals surface area contributed by atoms with E-state index in [9.17, 15) is 9.59 Å². The minimum atomic E-state index is -0.289. The number of aromatic nitrogens is 2. The average Bonchev–Trinajstić information content (AvgIpc) is 3.22. The number of carbonyl (C=O) groups excluding carboxylic acids is 2. The predicted octanol–water partition coefficient (Wildman–Crippen LogP) is 2.40. The Labute approximate surface area is 155 Å². The van der Waals surface area contributed by atoms with E-state index in [2.05, 4.69) is 15.5 Å². The zero-order chi connectivity index (χ0) is 17.6. The summed E-state index contributed by atoms with van der Waals surface area (Å²) in [5.74, 6) is 0.492. The van der Waals surface area contributed by atoms with Gasteiger partial charge in [-0.15, -0.1) is 10.2 Å². The van der Waals surface area contributed by atoms with Crippen LogP contribution in [0.2, 0.25) is 0 Å². The molecule has 9 heteroatoms. The largest absolute Gasteiger partial charge is 0.384 e. The Hall–Kier alpha value is -1.19. The fourth-order valence-electron chi connectivity index (χ4n) is 3.39. The molecule has 0 bridgehead atoms. The molecule has 2 aliphatic rings. The number of carbonyl (C=O) groups is 2. The molecule has 1 saturated heterocycles. The average molecular weight is 385 g/mol. The summed E-state index contributed by atoms with van der Waals surface area (Å²) >= 11 is 2.91. The Morgan fingerprint density at radius 1 is 1.36 bits per heavy atom. The third-order valence-corrected chi connectivity index (χ3v) is 6.63. The van der Waals surface area contributed by atoms with Gasteiger partial charge in [0.2, 0.25) is 16.9 Å². The molecule has 1 aliphatic carbocycles. The van der Waals surface area contributed by atoms with Crippen LogP contribution in [0.15, 0.2) is 4.34 Å². The summed E-state index contributed by atoms with van der Waals surface area (Å²) in [4.78, 5) is 26.7. The van der Waals surface area contributed by atoms with Gasteiger partial charge < -0.3 is 15.0 Å². The number of nitrogens with one attached hydrogen (secondary N) is 1. The standard InChI is InChI=1S/C16H24N4O3S2/c1-23-7-8-24-16-19-18-15(25-16)17-14(22)11-9-13(21)20(10-11)12-5-3-2-4-6-12/h11-12H,2-10H2,1H3,(H,17,18,22)/t11-/m0/s1. The van der Waals surface area contributed by atoms with Gasteiger partial charge in [0.05, 0.1) is 12.5 Å². The van der Waals surface area contributed by atoms with Crippen molar-refractivity contribution in [2.45, 2.75) is 48.9 Å². The Balaban J connectivity index is 1.50. The van der Waals surface area contributed by atoms with Gasteiger partial charge in [-0.25, -0.2) is 0 Å². The second-order valence-electron chi connectivity index (χ2n) is 6.44. The first-order valence-corrected chi connectivity index (χ1v) is 10.5. The summed E-state index contributed by atoms with van der Waals surface area (Å²) in [6.45, 7) is 1.18. The van der Waals surface area contributed by atoms with Gasteiger partial charge >= 0.3 is 0 Å². The van der Waals surface area contributed by atoms with Gasteiger partial charge in [-0.2, -0.15) is 0 Å². The minimum Gasteiger partial charge on any atom is -0.384 e. The van der Waals surface area contributed by atoms with E-state index in [4.69, 9.17) is 4.74 Å². The van der Waals surface area contributed by atoms with Crippen molar-refractivity contribution >= 4 is 40.0 Å². The molecule has 7 nitrogen and oxygen atoms in total. The van der Waals surface area contributed by atoms with Crippen LogP contribution in [-0.4, -0.2) is 59.0 Å². The quantitative estimate of drug-likeness (QED) is 0.441. The summed E-state index contributed by atoms with van der Waals surface area (Å²) in [5.41, 5.74) is 0. The van der Waals surface area contributed by atoms with Gasteiger partial charge in [-0.05, 0) is 12.8 Å². The molecule has 2 amide bonds. The lowest BCUT2D eigenvalue weighted by atomic mass is 9.94. The molecule has 25 heavy (non-hydrogen) atoms. The van der Waals surface area contributed by atoms with Crippen molar-refractivity contribution in [3.63, 3.8) is 0 Å². The highest BCUT2D eigenvalue weighted by atomic mass is 32.2. The number of rotatable bonds is 7. The predicted molar refractivity (Wildman–Crippen MR) is 97.8 cm³/mol. The van der Waals surface area contributed by atoms with E-state index in [1.165, 1.54) is 30.6 Å². The zero-order valence-corrected chi connectivity index (χ0v) is 16.0. The highest BCUT2D eigenvalue weighted by Gasteiger charge is 2.38. The molecule has 1 aromatic rings. The number of likely N-dealkylation sites (tertiary alicyclic amines) is 1. The molecule has 0 aromatic carbocycles. The molecule has 1 atom stereocenters. The zero-order valence-electron chi connectivity index (χ0n) is 14.4. The lowest BCUT2D eigenvalue weighted by Gasteiger charge is -2.31.